The Bertz CT molecular complexity index is 457. The summed E-state index contributed by atoms with van der Waals surface area (Å²) in [5, 5.41) is 19.4. The highest BCUT2D eigenvalue weighted by Gasteiger charge is 2.43. The molecule has 0 aromatic heterocycles. The van der Waals surface area contributed by atoms with E-state index in [2.05, 4.69) is 0 Å². The lowest BCUT2D eigenvalue weighted by atomic mass is 9.77. The minimum Gasteiger partial charge on any atom is -0.508 e. The monoisotopic (exact) mass is 248 g/mol. The Balaban J connectivity index is 2.51. The molecular weight excluding hydrogens is 228 g/mol. The number of carboxylic acid groups (broad SMARTS) is 1. The summed E-state index contributed by atoms with van der Waals surface area (Å²) in [6.45, 7) is 4.08. The van der Waals surface area contributed by atoms with Gasteiger partial charge in [-0.15, -0.1) is 0 Å². The molecule has 0 amide bonds. The third-order valence-corrected chi connectivity index (χ3v) is 4.03. The maximum Gasteiger partial charge on any atom is 0.314 e. The molecule has 1 aromatic carbocycles. The summed E-state index contributed by atoms with van der Waals surface area (Å²) >= 11 is 0. The Labute approximate surface area is 107 Å². The Morgan fingerprint density at radius 2 is 1.83 bits per heavy atom. The van der Waals surface area contributed by atoms with Crippen LogP contribution >= 0.6 is 0 Å². The quantitative estimate of drug-likeness (QED) is 0.861. The second-order valence-electron chi connectivity index (χ2n) is 5.56. The third kappa shape index (κ3) is 2.09. The lowest BCUT2D eigenvalue weighted by Crippen LogP contribution is -2.32. The second kappa shape index (κ2) is 4.63. The van der Waals surface area contributed by atoms with E-state index in [0.717, 1.165) is 24.0 Å². The third-order valence-electron chi connectivity index (χ3n) is 4.03. The fraction of sp³-hybridized carbons (Fsp3) is 0.533. The van der Waals surface area contributed by atoms with E-state index in [0.29, 0.717) is 12.8 Å². The summed E-state index contributed by atoms with van der Waals surface area (Å²) in [7, 11) is 0. The molecule has 0 radical (unpaired) electrons. The molecule has 0 atom stereocenters. The molecule has 1 aliphatic rings. The van der Waals surface area contributed by atoms with Gasteiger partial charge in [-0.1, -0.05) is 32.8 Å². The van der Waals surface area contributed by atoms with Crippen molar-refractivity contribution < 1.29 is 15.0 Å². The molecule has 0 saturated heterocycles. The Morgan fingerprint density at radius 3 is 2.33 bits per heavy atom. The van der Waals surface area contributed by atoms with Crippen LogP contribution in [0.1, 0.15) is 56.6 Å². The van der Waals surface area contributed by atoms with Gasteiger partial charge in [-0.2, -0.15) is 0 Å². The second-order valence-corrected chi connectivity index (χ2v) is 5.56. The van der Waals surface area contributed by atoms with Crippen molar-refractivity contribution >= 4 is 5.97 Å². The van der Waals surface area contributed by atoms with E-state index < -0.39 is 11.4 Å². The van der Waals surface area contributed by atoms with Crippen LogP contribution < -0.4 is 0 Å². The van der Waals surface area contributed by atoms with Gasteiger partial charge < -0.3 is 10.2 Å². The van der Waals surface area contributed by atoms with Crippen molar-refractivity contribution in [3.8, 4) is 5.75 Å². The van der Waals surface area contributed by atoms with Crippen molar-refractivity contribution in [2.45, 2.75) is 50.9 Å². The highest BCUT2D eigenvalue weighted by atomic mass is 16.4. The van der Waals surface area contributed by atoms with Gasteiger partial charge in [0.1, 0.15) is 5.75 Å². The summed E-state index contributed by atoms with van der Waals surface area (Å²) in [5.41, 5.74) is 0.969. The van der Waals surface area contributed by atoms with Gasteiger partial charge in [0.25, 0.3) is 0 Å². The summed E-state index contributed by atoms with van der Waals surface area (Å²) in [4.78, 5) is 11.6. The van der Waals surface area contributed by atoms with E-state index in [-0.39, 0.29) is 11.7 Å². The van der Waals surface area contributed by atoms with Gasteiger partial charge in [0.2, 0.25) is 0 Å². The zero-order chi connectivity index (χ0) is 13.3. The summed E-state index contributed by atoms with van der Waals surface area (Å²) in [5.74, 6) is -0.313. The topological polar surface area (TPSA) is 57.5 Å². The first-order valence-corrected chi connectivity index (χ1v) is 6.53. The number of hydrogen-bond donors (Lipinski definition) is 2. The number of rotatable bonds is 3. The van der Waals surface area contributed by atoms with E-state index in [9.17, 15) is 15.0 Å². The molecule has 3 nitrogen and oxygen atoms in total. The highest BCUT2D eigenvalue weighted by molar-refractivity contribution is 5.82. The molecule has 0 spiro atoms. The minimum atomic E-state index is -0.789. The first-order valence-electron chi connectivity index (χ1n) is 6.53. The van der Waals surface area contributed by atoms with Crippen LogP contribution in [0.5, 0.6) is 5.75 Å². The van der Waals surface area contributed by atoms with E-state index in [1.54, 1.807) is 12.1 Å². The molecule has 18 heavy (non-hydrogen) atoms. The zero-order valence-electron chi connectivity index (χ0n) is 10.9. The molecule has 1 saturated carbocycles. The van der Waals surface area contributed by atoms with Crippen LogP contribution in [0.2, 0.25) is 0 Å². The molecule has 98 valence electrons. The molecular formula is C15H20O3. The van der Waals surface area contributed by atoms with Crippen LogP contribution in [0.4, 0.5) is 0 Å². The SMILES string of the molecule is CC(C)c1cc(O)cc(C2(C(=O)O)CCCC2)c1. The van der Waals surface area contributed by atoms with Crippen molar-refractivity contribution in [1.82, 2.24) is 0 Å². The number of aliphatic carboxylic acids is 1. The minimum absolute atomic E-state index is 0.170. The molecule has 2 N–H and O–H groups in total. The predicted molar refractivity (Wildman–Crippen MR) is 70.0 cm³/mol. The van der Waals surface area contributed by atoms with Gasteiger partial charge in [-0.3, -0.25) is 4.79 Å². The number of phenols is 1. The summed E-state index contributed by atoms with van der Waals surface area (Å²) < 4.78 is 0. The first-order chi connectivity index (χ1) is 8.45. The van der Waals surface area contributed by atoms with Gasteiger partial charge in [0, 0.05) is 0 Å². The van der Waals surface area contributed by atoms with Crippen molar-refractivity contribution in [2.24, 2.45) is 0 Å². The molecule has 1 aliphatic carbocycles. The van der Waals surface area contributed by atoms with Crippen LogP contribution in [0.3, 0.4) is 0 Å². The molecule has 0 bridgehead atoms. The lowest BCUT2D eigenvalue weighted by molar-refractivity contribution is -0.143. The van der Waals surface area contributed by atoms with E-state index >= 15 is 0 Å². The highest BCUT2D eigenvalue weighted by Crippen LogP contribution is 2.43. The first kappa shape index (κ1) is 12.9. The fourth-order valence-corrected chi connectivity index (χ4v) is 2.85. The molecule has 3 heteroatoms. The van der Waals surface area contributed by atoms with Gasteiger partial charge in [-0.25, -0.2) is 0 Å². The smallest absolute Gasteiger partial charge is 0.314 e. The van der Waals surface area contributed by atoms with E-state index in [1.165, 1.54) is 0 Å². The van der Waals surface area contributed by atoms with Crippen molar-refractivity contribution in [3.63, 3.8) is 0 Å². The number of carboxylic acids is 1. The number of aromatic hydroxyl groups is 1. The Kier molecular flexibility index (Phi) is 3.33. The number of hydrogen-bond acceptors (Lipinski definition) is 2. The van der Waals surface area contributed by atoms with Gasteiger partial charge in [0.15, 0.2) is 0 Å². The Morgan fingerprint density at radius 1 is 1.22 bits per heavy atom. The Hall–Kier alpha value is -1.51. The molecule has 0 heterocycles. The molecule has 2 rings (SSSR count). The average Bonchev–Trinajstić information content (AvgIpc) is 2.78. The lowest BCUT2D eigenvalue weighted by Gasteiger charge is -2.25. The van der Waals surface area contributed by atoms with E-state index in [1.807, 2.05) is 19.9 Å². The van der Waals surface area contributed by atoms with Crippen molar-refractivity contribution in [3.05, 3.63) is 29.3 Å². The van der Waals surface area contributed by atoms with Crippen molar-refractivity contribution in [2.75, 3.05) is 0 Å². The molecule has 0 unspecified atom stereocenters. The number of benzene rings is 1. The van der Waals surface area contributed by atoms with Crippen LogP contribution in [0, 0.1) is 0 Å². The van der Waals surface area contributed by atoms with Crippen molar-refractivity contribution in [1.29, 1.82) is 0 Å². The molecule has 0 aliphatic heterocycles. The van der Waals surface area contributed by atoms with Gasteiger partial charge in [0.05, 0.1) is 5.41 Å². The normalized spacial score (nSPS) is 18.2. The molecule has 1 aromatic rings. The zero-order valence-corrected chi connectivity index (χ0v) is 10.9. The van der Waals surface area contributed by atoms with Gasteiger partial charge >= 0.3 is 5.97 Å². The van der Waals surface area contributed by atoms with E-state index in [4.69, 9.17) is 0 Å². The fourth-order valence-electron chi connectivity index (χ4n) is 2.85. The number of carbonyl (C=O) groups is 1. The van der Waals surface area contributed by atoms with Gasteiger partial charge in [-0.05, 0) is 42.0 Å². The van der Waals surface area contributed by atoms with Crippen LogP contribution in [0.25, 0.3) is 0 Å². The molecule has 1 fully saturated rings. The maximum absolute atomic E-state index is 11.6. The van der Waals surface area contributed by atoms with Crippen LogP contribution in [-0.2, 0) is 10.2 Å². The summed E-state index contributed by atoms with van der Waals surface area (Å²) in [6, 6.07) is 5.29. The standard InChI is InChI=1S/C15H20O3/c1-10(2)11-7-12(9-13(16)8-11)15(14(17)18)5-3-4-6-15/h7-10,16H,3-6H2,1-2H3,(H,17,18). The maximum atomic E-state index is 11.6. The van der Waals surface area contributed by atoms with Crippen LogP contribution in [0.15, 0.2) is 18.2 Å². The average molecular weight is 248 g/mol. The largest absolute Gasteiger partial charge is 0.508 e. The predicted octanol–water partition coefficient (Wildman–Crippen LogP) is 3.41. The number of phenolic OH excluding ortho intramolecular Hbond substituents is 1. The summed E-state index contributed by atoms with van der Waals surface area (Å²) in [6.07, 6.45) is 3.23. The van der Waals surface area contributed by atoms with Crippen LogP contribution in [-0.4, -0.2) is 16.2 Å².